The van der Waals surface area contributed by atoms with Gasteiger partial charge in [0.1, 0.15) is 0 Å². The van der Waals surface area contributed by atoms with Crippen LogP contribution in [-0.2, 0) is 0 Å². The lowest BCUT2D eigenvalue weighted by Crippen LogP contribution is -2.07. The summed E-state index contributed by atoms with van der Waals surface area (Å²) < 4.78 is 0. The number of aromatic carboxylic acids is 3. The van der Waals surface area contributed by atoms with E-state index in [9.17, 15) is 28.8 Å². The third kappa shape index (κ3) is 11.9. The SMILES string of the molecule is O=C(O)c1cc(C(=O)O)cc(C(=O)O)c1.O=c1cc[nH]cc1.O=c1cc[nH]cc1.O=c1cc[nH]cc1. The van der Waals surface area contributed by atoms with Gasteiger partial charge in [0.15, 0.2) is 16.3 Å². The van der Waals surface area contributed by atoms with Crippen molar-refractivity contribution < 1.29 is 29.7 Å². The molecule has 3 aromatic heterocycles. The van der Waals surface area contributed by atoms with Gasteiger partial charge in [0, 0.05) is 73.6 Å². The molecular weight excluding hydrogens is 474 g/mol. The van der Waals surface area contributed by atoms with Crippen LogP contribution in [0.25, 0.3) is 0 Å². The average Bonchev–Trinajstić information content (AvgIpc) is 2.86. The Labute approximate surface area is 202 Å². The van der Waals surface area contributed by atoms with E-state index in [1.54, 1.807) is 37.2 Å². The lowest BCUT2D eigenvalue weighted by molar-refractivity contribution is 0.0696. The molecule has 0 unspecified atom stereocenters. The van der Waals surface area contributed by atoms with Crippen LogP contribution in [0.4, 0.5) is 0 Å². The van der Waals surface area contributed by atoms with Crippen LogP contribution in [0.3, 0.4) is 0 Å². The highest BCUT2D eigenvalue weighted by Crippen LogP contribution is 2.11. The van der Waals surface area contributed by atoms with Crippen molar-refractivity contribution >= 4 is 17.9 Å². The molecule has 186 valence electrons. The lowest BCUT2D eigenvalue weighted by Gasteiger charge is -2.00. The molecule has 0 amide bonds. The summed E-state index contributed by atoms with van der Waals surface area (Å²) in [5, 5.41) is 25.8. The third-order valence-electron chi connectivity index (χ3n) is 3.74. The number of rotatable bonds is 3. The van der Waals surface area contributed by atoms with Crippen molar-refractivity contribution in [3.8, 4) is 0 Å². The molecule has 3 heterocycles. The normalized spacial score (nSPS) is 9.00. The van der Waals surface area contributed by atoms with Gasteiger partial charge in [0.05, 0.1) is 16.7 Å². The molecule has 0 radical (unpaired) electrons. The fraction of sp³-hybridized carbons (Fsp3) is 0. The lowest BCUT2D eigenvalue weighted by atomic mass is 10.1. The monoisotopic (exact) mass is 495 g/mol. The van der Waals surface area contributed by atoms with Gasteiger partial charge < -0.3 is 30.3 Å². The van der Waals surface area contributed by atoms with Crippen molar-refractivity contribution in [2.24, 2.45) is 0 Å². The molecule has 0 spiro atoms. The van der Waals surface area contributed by atoms with Crippen LogP contribution in [-0.4, -0.2) is 48.2 Å². The quantitative estimate of drug-likeness (QED) is 0.245. The molecule has 1 aromatic carbocycles. The first kappa shape index (κ1) is 28.5. The van der Waals surface area contributed by atoms with Gasteiger partial charge in [-0.05, 0) is 18.2 Å². The van der Waals surface area contributed by atoms with Gasteiger partial charge in [-0.15, -0.1) is 0 Å². The van der Waals surface area contributed by atoms with Crippen molar-refractivity contribution in [1.29, 1.82) is 0 Å². The topological polar surface area (TPSA) is 210 Å². The number of H-pyrrole nitrogens is 3. The Morgan fingerprint density at radius 3 is 0.750 bits per heavy atom. The number of aromatic nitrogens is 3. The Kier molecular flexibility index (Phi) is 12.2. The molecule has 0 atom stereocenters. The molecule has 36 heavy (non-hydrogen) atoms. The van der Waals surface area contributed by atoms with E-state index in [0.29, 0.717) is 0 Å². The second kappa shape index (κ2) is 15.3. The van der Waals surface area contributed by atoms with Crippen LogP contribution < -0.4 is 16.3 Å². The molecule has 0 aliphatic heterocycles. The molecular formula is C24H21N3O9. The maximum atomic E-state index is 10.6. The summed E-state index contributed by atoms with van der Waals surface area (Å²) in [4.78, 5) is 70.6. The van der Waals surface area contributed by atoms with Crippen LogP contribution >= 0.6 is 0 Å². The van der Waals surface area contributed by atoms with E-state index in [2.05, 4.69) is 15.0 Å². The summed E-state index contributed by atoms with van der Waals surface area (Å²) in [5.74, 6) is -4.12. The number of hydrogen-bond acceptors (Lipinski definition) is 6. The molecule has 0 aliphatic rings. The number of aromatic amines is 3. The molecule has 4 aromatic rings. The molecule has 0 bridgehead atoms. The molecule has 6 N–H and O–H groups in total. The average molecular weight is 495 g/mol. The second-order valence-corrected chi connectivity index (χ2v) is 6.42. The summed E-state index contributed by atoms with van der Waals surface area (Å²) in [5.41, 5.74) is -0.983. The minimum absolute atomic E-state index is 0.0405. The third-order valence-corrected chi connectivity index (χ3v) is 3.74. The maximum absolute atomic E-state index is 10.6. The molecule has 4 rings (SSSR count). The number of hydrogen-bond donors (Lipinski definition) is 6. The van der Waals surface area contributed by atoms with Gasteiger partial charge in [-0.1, -0.05) is 0 Å². The Bertz CT molecular complexity index is 1220. The Hall–Kier alpha value is -5.52. The van der Waals surface area contributed by atoms with Gasteiger partial charge in [0.2, 0.25) is 0 Å². The highest BCUT2D eigenvalue weighted by Gasteiger charge is 2.14. The van der Waals surface area contributed by atoms with Crippen LogP contribution in [0.2, 0.25) is 0 Å². The molecule has 0 saturated carbocycles. The largest absolute Gasteiger partial charge is 0.478 e. The van der Waals surface area contributed by atoms with Gasteiger partial charge in [-0.2, -0.15) is 0 Å². The predicted octanol–water partition coefficient (Wildman–Crippen LogP) is 1.91. The van der Waals surface area contributed by atoms with E-state index >= 15 is 0 Å². The first-order chi connectivity index (χ1) is 17.1. The maximum Gasteiger partial charge on any atom is 0.335 e. The minimum atomic E-state index is -1.37. The van der Waals surface area contributed by atoms with Crippen molar-refractivity contribution in [3.63, 3.8) is 0 Å². The van der Waals surface area contributed by atoms with E-state index in [1.165, 1.54) is 36.4 Å². The number of nitrogens with one attached hydrogen (secondary N) is 3. The summed E-state index contributed by atoms with van der Waals surface area (Å²) >= 11 is 0. The second-order valence-electron chi connectivity index (χ2n) is 6.42. The van der Waals surface area contributed by atoms with Gasteiger partial charge in [-0.25, -0.2) is 14.4 Å². The van der Waals surface area contributed by atoms with Gasteiger partial charge in [-0.3, -0.25) is 14.4 Å². The Morgan fingerprint density at radius 2 is 0.639 bits per heavy atom. The van der Waals surface area contributed by atoms with Gasteiger partial charge >= 0.3 is 17.9 Å². The standard InChI is InChI=1S/C9H6O6.3C5H5NO/c10-7(11)4-1-5(8(12)13)3-6(2-4)9(14)15;3*7-5-1-3-6-4-2-5/h1-3H,(H,10,11)(H,12,13)(H,14,15);3*1-4H,(H,6,7). The van der Waals surface area contributed by atoms with Crippen LogP contribution in [0.15, 0.2) is 106 Å². The van der Waals surface area contributed by atoms with E-state index in [-0.39, 0.29) is 33.0 Å². The minimum Gasteiger partial charge on any atom is -0.478 e. The van der Waals surface area contributed by atoms with Crippen molar-refractivity contribution in [3.05, 3.63) is 139 Å². The van der Waals surface area contributed by atoms with E-state index < -0.39 is 17.9 Å². The van der Waals surface area contributed by atoms with Crippen molar-refractivity contribution in [1.82, 2.24) is 15.0 Å². The number of carbonyl (C=O) groups is 3. The molecule has 0 fully saturated rings. The number of carboxylic acids is 3. The summed E-state index contributed by atoms with van der Waals surface area (Å²) in [7, 11) is 0. The van der Waals surface area contributed by atoms with E-state index in [4.69, 9.17) is 15.3 Å². The fourth-order valence-electron chi connectivity index (χ4n) is 2.11. The fourth-order valence-corrected chi connectivity index (χ4v) is 2.11. The highest BCUT2D eigenvalue weighted by molar-refractivity contribution is 5.98. The first-order valence-electron chi connectivity index (χ1n) is 9.84. The van der Waals surface area contributed by atoms with Crippen LogP contribution in [0.1, 0.15) is 31.1 Å². The highest BCUT2D eigenvalue weighted by atomic mass is 16.4. The van der Waals surface area contributed by atoms with Crippen LogP contribution in [0, 0.1) is 0 Å². The summed E-state index contributed by atoms with van der Waals surface area (Å²) in [6.07, 6.45) is 9.60. The van der Waals surface area contributed by atoms with Crippen molar-refractivity contribution in [2.45, 2.75) is 0 Å². The smallest absolute Gasteiger partial charge is 0.335 e. The zero-order chi connectivity index (χ0) is 26.9. The Balaban J connectivity index is 0.000000259. The molecule has 12 heteroatoms. The van der Waals surface area contributed by atoms with E-state index in [0.717, 1.165) is 18.2 Å². The summed E-state index contributed by atoms with van der Waals surface area (Å²) in [6.45, 7) is 0. The molecule has 0 saturated heterocycles. The van der Waals surface area contributed by atoms with Gasteiger partial charge in [0.25, 0.3) is 0 Å². The summed E-state index contributed by atoms with van der Waals surface area (Å²) in [6, 6.07) is 11.5. The number of carboxylic acid groups (broad SMARTS) is 3. The predicted molar refractivity (Wildman–Crippen MR) is 129 cm³/mol. The zero-order valence-electron chi connectivity index (χ0n) is 18.5. The van der Waals surface area contributed by atoms with Crippen molar-refractivity contribution in [2.75, 3.05) is 0 Å². The molecule has 0 aliphatic carbocycles. The van der Waals surface area contributed by atoms with E-state index in [1.807, 2.05) is 0 Å². The molecule has 12 nitrogen and oxygen atoms in total. The number of benzene rings is 1. The Morgan fingerprint density at radius 1 is 0.444 bits per heavy atom. The first-order valence-corrected chi connectivity index (χ1v) is 9.84. The van der Waals surface area contributed by atoms with Crippen LogP contribution in [0.5, 0.6) is 0 Å². The zero-order valence-corrected chi connectivity index (χ0v) is 18.5. The number of pyridine rings is 3.